The van der Waals surface area contributed by atoms with Crippen LogP contribution in [0.5, 0.6) is 0 Å². The Morgan fingerprint density at radius 2 is 1.91 bits per heavy atom. The Kier molecular flexibility index (Phi) is 6.39. The maximum atomic E-state index is 10.0. The van der Waals surface area contributed by atoms with Crippen LogP contribution in [0.25, 0.3) is 0 Å². The normalized spacial score (nSPS) is 11.4. The summed E-state index contributed by atoms with van der Waals surface area (Å²) >= 11 is 0. The van der Waals surface area contributed by atoms with Crippen LogP contribution in [-0.4, -0.2) is 11.1 Å². The Balaban J connectivity index is 3.23. The van der Waals surface area contributed by atoms with Crippen LogP contribution in [0.3, 0.4) is 0 Å². The highest BCUT2D eigenvalue weighted by atomic mass is 16.4. The Bertz CT molecular complexity index is 157. The molecule has 0 rings (SSSR count). The van der Waals surface area contributed by atoms with Gasteiger partial charge >= 0.3 is 5.97 Å². The zero-order valence-electron chi connectivity index (χ0n) is 6.79. The number of hydrogen-bond donors (Lipinski definition) is 1. The predicted molar refractivity (Wildman–Crippen MR) is 45.4 cm³/mol. The molecule has 11 heavy (non-hydrogen) atoms. The molecule has 0 unspecified atom stereocenters. The maximum Gasteiger partial charge on any atom is 0.307 e. The highest BCUT2D eigenvalue weighted by Crippen LogP contribution is 1.93. The summed E-state index contributed by atoms with van der Waals surface area (Å²) in [6.45, 7) is 1.97. The highest BCUT2D eigenvalue weighted by Gasteiger charge is 1.87. The van der Waals surface area contributed by atoms with E-state index in [-0.39, 0.29) is 6.42 Å². The third-order valence-electron chi connectivity index (χ3n) is 1.19. The molecule has 0 aromatic carbocycles. The summed E-state index contributed by atoms with van der Waals surface area (Å²) in [5, 5.41) is 8.25. The molecule has 1 N–H and O–H groups in total. The van der Waals surface area contributed by atoms with Gasteiger partial charge < -0.3 is 5.11 Å². The first-order valence-electron chi connectivity index (χ1n) is 3.75. The first-order chi connectivity index (χ1) is 5.27. The van der Waals surface area contributed by atoms with E-state index in [2.05, 4.69) is 6.08 Å². The van der Waals surface area contributed by atoms with Crippen molar-refractivity contribution in [1.82, 2.24) is 0 Å². The van der Waals surface area contributed by atoms with E-state index < -0.39 is 5.97 Å². The number of aliphatic carboxylic acids is 1. The molecule has 0 amide bonds. The Hall–Kier alpha value is -1.05. The Labute approximate surface area is 67.2 Å². The van der Waals surface area contributed by atoms with Crippen molar-refractivity contribution in [3.05, 3.63) is 24.3 Å². The third-order valence-corrected chi connectivity index (χ3v) is 1.19. The van der Waals surface area contributed by atoms with Gasteiger partial charge in [-0.25, -0.2) is 0 Å². The van der Waals surface area contributed by atoms with E-state index in [1.165, 1.54) is 0 Å². The first kappa shape index (κ1) is 9.95. The molecule has 0 saturated heterocycles. The van der Waals surface area contributed by atoms with Gasteiger partial charge in [-0.15, -0.1) is 0 Å². The fraction of sp³-hybridized carbons (Fsp3) is 0.444. The molecule has 0 atom stereocenters. The molecule has 0 aromatic rings. The summed E-state index contributed by atoms with van der Waals surface area (Å²) in [5.41, 5.74) is 0. The Morgan fingerprint density at radius 3 is 2.45 bits per heavy atom. The third kappa shape index (κ3) is 8.95. The van der Waals surface area contributed by atoms with E-state index in [9.17, 15) is 4.79 Å². The molecule has 0 fully saturated rings. The molecule has 0 saturated carbocycles. The van der Waals surface area contributed by atoms with Crippen molar-refractivity contribution in [2.24, 2.45) is 0 Å². The predicted octanol–water partition coefficient (Wildman–Crippen LogP) is 2.37. The number of hydrogen-bond acceptors (Lipinski definition) is 1. The minimum atomic E-state index is -0.771. The quantitative estimate of drug-likeness (QED) is 0.487. The van der Waals surface area contributed by atoms with Crippen LogP contribution in [0.1, 0.15) is 26.2 Å². The zero-order chi connectivity index (χ0) is 8.53. The summed E-state index contributed by atoms with van der Waals surface area (Å²) < 4.78 is 0. The van der Waals surface area contributed by atoms with Crippen LogP contribution in [0.4, 0.5) is 0 Å². The van der Waals surface area contributed by atoms with Gasteiger partial charge in [0.05, 0.1) is 6.42 Å². The molecule has 0 radical (unpaired) electrons. The second kappa shape index (κ2) is 7.06. The molecule has 0 aliphatic rings. The van der Waals surface area contributed by atoms with Gasteiger partial charge in [-0.3, -0.25) is 4.79 Å². The van der Waals surface area contributed by atoms with Crippen molar-refractivity contribution in [1.29, 1.82) is 0 Å². The summed E-state index contributed by atoms with van der Waals surface area (Å²) in [6.07, 6.45) is 9.69. The molecule has 0 heterocycles. The van der Waals surface area contributed by atoms with Crippen LogP contribution in [0.15, 0.2) is 24.3 Å². The van der Waals surface area contributed by atoms with Gasteiger partial charge in [0.1, 0.15) is 0 Å². The van der Waals surface area contributed by atoms with E-state index in [1.54, 1.807) is 6.08 Å². The van der Waals surface area contributed by atoms with Crippen LogP contribution < -0.4 is 0 Å². The lowest BCUT2D eigenvalue weighted by molar-refractivity contribution is -0.136. The first-order valence-corrected chi connectivity index (χ1v) is 3.75. The molecule has 0 aliphatic heterocycles. The van der Waals surface area contributed by atoms with E-state index in [0.717, 1.165) is 12.8 Å². The monoisotopic (exact) mass is 154 g/mol. The molecule has 0 aromatic heterocycles. The van der Waals surface area contributed by atoms with E-state index in [0.29, 0.717) is 0 Å². The molecule has 0 aliphatic carbocycles. The number of unbranched alkanes of at least 4 members (excludes halogenated alkanes) is 1. The average Bonchev–Trinajstić information content (AvgIpc) is 1.96. The summed E-state index contributed by atoms with van der Waals surface area (Å²) in [7, 11) is 0. The van der Waals surface area contributed by atoms with E-state index in [4.69, 9.17) is 5.11 Å². The van der Waals surface area contributed by atoms with Gasteiger partial charge in [-0.2, -0.15) is 0 Å². The number of allylic oxidation sites excluding steroid dienone is 3. The lowest BCUT2D eigenvalue weighted by Gasteiger charge is -1.85. The fourth-order valence-corrected chi connectivity index (χ4v) is 0.661. The number of carbonyl (C=O) groups is 1. The smallest absolute Gasteiger partial charge is 0.307 e. The van der Waals surface area contributed by atoms with Crippen molar-refractivity contribution >= 4 is 5.97 Å². The SMILES string of the molecule is C/C=C/CCC=CCC(=O)O. The fourth-order valence-electron chi connectivity index (χ4n) is 0.661. The van der Waals surface area contributed by atoms with Crippen molar-refractivity contribution < 1.29 is 9.90 Å². The van der Waals surface area contributed by atoms with Gasteiger partial charge in [0.2, 0.25) is 0 Å². The maximum absolute atomic E-state index is 10.0. The lowest BCUT2D eigenvalue weighted by Crippen LogP contribution is -1.89. The average molecular weight is 154 g/mol. The summed E-state index contributed by atoms with van der Waals surface area (Å²) in [6, 6.07) is 0. The number of carboxylic acid groups (broad SMARTS) is 1. The van der Waals surface area contributed by atoms with E-state index in [1.807, 2.05) is 19.1 Å². The second-order valence-corrected chi connectivity index (χ2v) is 2.22. The van der Waals surface area contributed by atoms with Crippen LogP contribution >= 0.6 is 0 Å². The molecular formula is C9H14O2. The van der Waals surface area contributed by atoms with Gasteiger partial charge in [-0.1, -0.05) is 24.3 Å². The van der Waals surface area contributed by atoms with Crippen LogP contribution in [0.2, 0.25) is 0 Å². The van der Waals surface area contributed by atoms with Gasteiger partial charge in [0.25, 0.3) is 0 Å². The van der Waals surface area contributed by atoms with Crippen LogP contribution in [-0.2, 0) is 4.79 Å². The Morgan fingerprint density at radius 1 is 1.27 bits per heavy atom. The minimum absolute atomic E-state index is 0.135. The number of rotatable bonds is 5. The topological polar surface area (TPSA) is 37.3 Å². The highest BCUT2D eigenvalue weighted by molar-refractivity contribution is 5.68. The second-order valence-electron chi connectivity index (χ2n) is 2.22. The van der Waals surface area contributed by atoms with Gasteiger partial charge in [0, 0.05) is 0 Å². The molecule has 0 spiro atoms. The largest absolute Gasteiger partial charge is 0.481 e. The molecular weight excluding hydrogens is 140 g/mol. The standard InChI is InChI=1S/C9H14O2/c1-2-3-4-5-6-7-8-9(10)11/h2-3,6-7H,4-5,8H2,1H3,(H,10,11)/b3-2+,7-6?. The zero-order valence-corrected chi connectivity index (χ0v) is 6.79. The van der Waals surface area contributed by atoms with Crippen molar-refractivity contribution in [2.45, 2.75) is 26.2 Å². The van der Waals surface area contributed by atoms with Crippen molar-refractivity contribution in [3.8, 4) is 0 Å². The molecule has 0 bridgehead atoms. The number of carboxylic acids is 1. The molecule has 2 heteroatoms. The summed E-state index contributed by atoms with van der Waals surface area (Å²) in [4.78, 5) is 10.0. The van der Waals surface area contributed by atoms with Gasteiger partial charge in [0.15, 0.2) is 0 Å². The van der Waals surface area contributed by atoms with Crippen molar-refractivity contribution in [3.63, 3.8) is 0 Å². The van der Waals surface area contributed by atoms with Gasteiger partial charge in [-0.05, 0) is 19.8 Å². The molecule has 2 nitrogen and oxygen atoms in total. The van der Waals surface area contributed by atoms with Crippen molar-refractivity contribution in [2.75, 3.05) is 0 Å². The van der Waals surface area contributed by atoms with Crippen LogP contribution in [0, 0.1) is 0 Å². The molecule has 62 valence electrons. The summed E-state index contributed by atoms with van der Waals surface area (Å²) in [5.74, 6) is -0.771. The van der Waals surface area contributed by atoms with E-state index >= 15 is 0 Å². The minimum Gasteiger partial charge on any atom is -0.481 e. The lowest BCUT2D eigenvalue weighted by atomic mass is 10.2.